The van der Waals surface area contributed by atoms with E-state index < -0.39 is 0 Å². The van der Waals surface area contributed by atoms with E-state index in [4.69, 9.17) is 11.6 Å². The molecule has 1 aromatic carbocycles. The SMILES string of the molecule is Cc1cc(NC(=O)c2ccc(Br)s2)n(-c2nc3c(C)ccc(Cl)c3s2)n1. The number of halogens is 2. The number of amides is 1. The van der Waals surface area contributed by atoms with Crippen LogP contribution in [0.5, 0.6) is 0 Å². The molecule has 0 radical (unpaired) electrons. The molecule has 0 atom stereocenters. The van der Waals surface area contributed by atoms with E-state index in [9.17, 15) is 4.79 Å². The number of thiazole rings is 1. The third-order valence-electron chi connectivity index (χ3n) is 3.74. The Hall–Kier alpha value is -1.74. The van der Waals surface area contributed by atoms with Gasteiger partial charge in [0.15, 0.2) is 0 Å². The number of nitrogens with zero attached hydrogens (tertiary/aromatic N) is 3. The molecular weight excluding hydrogens is 456 g/mol. The number of fused-ring (bicyclic) bond motifs is 1. The Balaban J connectivity index is 1.75. The summed E-state index contributed by atoms with van der Waals surface area (Å²) in [6.45, 7) is 3.87. The molecule has 132 valence electrons. The number of benzene rings is 1. The number of anilines is 1. The van der Waals surface area contributed by atoms with Gasteiger partial charge in [-0.1, -0.05) is 29.0 Å². The van der Waals surface area contributed by atoms with Gasteiger partial charge in [0.1, 0.15) is 5.82 Å². The van der Waals surface area contributed by atoms with Gasteiger partial charge < -0.3 is 5.32 Å². The number of carbonyl (C=O) groups is 1. The van der Waals surface area contributed by atoms with Crippen LogP contribution in [0.3, 0.4) is 0 Å². The molecule has 0 unspecified atom stereocenters. The number of aryl methyl sites for hydroxylation is 2. The third-order valence-corrected chi connectivity index (χ3v) is 6.85. The van der Waals surface area contributed by atoms with E-state index in [2.05, 4.69) is 31.3 Å². The lowest BCUT2D eigenvalue weighted by Crippen LogP contribution is -2.13. The highest BCUT2D eigenvalue weighted by atomic mass is 79.9. The molecule has 0 bridgehead atoms. The highest BCUT2D eigenvalue weighted by Crippen LogP contribution is 2.34. The maximum absolute atomic E-state index is 12.5. The standard InChI is InChI=1S/C17H12BrClN4OS2/c1-8-3-4-10(19)15-14(8)21-17(26-15)23-13(7-9(2)22-23)20-16(24)11-5-6-12(18)25-11/h3-7H,1-2H3,(H,20,24). The third kappa shape index (κ3) is 3.18. The van der Waals surface area contributed by atoms with Crippen LogP contribution in [0.15, 0.2) is 34.1 Å². The zero-order chi connectivity index (χ0) is 18.4. The molecule has 4 rings (SSSR count). The first-order valence-electron chi connectivity index (χ1n) is 7.62. The van der Waals surface area contributed by atoms with Crippen molar-refractivity contribution in [1.29, 1.82) is 0 Å². The van der Waals surface area contributed by atoms with Crippen molar-refractivity contribution < 1.29 is 4.79 Å². The van der Waals surface area contributed by atoms with Gasteiger partial charge in [-0.2, -0.15) is 9.78 Å². The number of nitrogens with one attached hydrogen (secondary N) is 1. The Morgan fingerprint density at radius 1 is 1.23 bits per heavy atom. The number of hydrogen-bond acceptors (Lipinski definition) is 5. The number of aromatic nitrogens is 3. The van der Waals surface area contributed by atoms with Gasteiger partial charge in [0.05, 0.1) is 29.6 Å². The van der Waals surface area contributed by atoms with Crippen LogP contribution >= 0.6 is 50.2 Å². The summed E-state index contributed by atoms with van der Waals surface area (Å²) in [5, 5.41) is 8.72. The minimum atomic E-state index is -0.183. The topological polar surface area (TPSA) is 59.8 Å². The molecule has 0 saturated carbocycles. The minimum absolute atomic E-state index is 0.183. The lowest BCUT2D eigenvalue weighted by Gasteiger charge is -2.05. The van der Waals surface area contributed by atoms with Gasteiger partial charge in [0.2, 0.25) is 5.13 Å². The zero-order valence-corrected chi connectivity index (χ0v) is 17.7. The molecule has 4 aromatic rings. The fourth-order valence-corrected chi connectivity index (χ4v) is 5.09. The predicted octanol–water partition coefficient (Wildman–Crippen LogP) is 5.83. The molecular formula is C17H12BrClN4OS2. The van der Waals surface area contributed by atoms with E-state index in [1.54, 1.807) is 10.7 Å². The summed E-state index contributed by atoms with van der Waals surface area (Å²) in [7, 11) is 0. The van der Waals surface area contributed by atoms with Crippen molar-refractivity contribution in [3.05, 3.63) is 55.3 Å². The molecule has 0 saturated heterocycles. The monoisotopic (exact) mass is 466 g/mol. The summed E-state index contributed by atoms with van der Waals surface area (Å²) in [5.41, 5.74) is 2.68. The van der Waals surface area contributed by atoms with Crippen molar-refractivity contribution in [2.24, 2.45) is 0 Å². The highest BCUT2D eigenvalue weighted by molar-refractivity contribution is 9.11. The first-order valence-corrected chi connectivity index (χ1v) is 10.4. The maximum atomic E-state index is 12.5. The average Bonchev–Trinajstić information content (AvgIpc) is 3.29. The number of thiophene rings is 1. The summed E-state index contributed by atoms with van der Waals surface area (Å²) >= 11 is 12.5. The summed E-state index contributed by atoms with van der Waals surface area (Å²) in [6.07, 6.45) is 0. The van der Waals surface area contributed by atoms with Gasteiger partial charge in [-0.25, -0.2) is 4.98 Å². The van der Waals surface area contributed by atoms with Crippen LogP contribution in [0.2, 0.25) is 5.02 Å². The first-order chi connectivity index (χ1) is 12.4. The van der Waals surface area contributed by atoms with Crippen LogP contribution in [-0.2, 0) is 0 Å². The molecule has 0 aliphatic rings. The number of rotatable bonds is 3. The number of carbonyl (C=O) groups excluding carboxylic acids is 1. The van der Waals surface area contributed by atoms with Crippen molar-refractivity contribution in [1.82, 2.24) is 14.8 Å². The molecule has 26 heavy (non-hydrogen) atoms. The number of hydrogen-bond donors (Lipinski definition) is 1. The molecule has 0 spiro atoms. The van der Waals surface area contributed by atoms with E-state index in [0.717, 1.165) is 25.3 Å². The molecule has 0 fully saturated rings. The second-order valence-corrected chi connectivity index (χ2v) is 9.53. The smallest absolute Gasteiger partial charge is 0.266 e. The van der Waals surface area contributed by atoms with E-state index in [1.165, 1.54) is 22.7 Å². The molecule has 5 nitrogen and oxygen atoms in total. The van der Waals surface area contributed by atoms with Gasteiger partial charge >= 0.3 is 0 Å². The maximum Gasteiger partial charge on any atom is 0.266 e. The predicted molar refractivity (Wildman–Crippen MR) is 111 cm³/mol. The molecule has 0 aliphatic carbocycles. The minimum Gasteiger partial charge on any atom is -0.306 e. The molecule has 3 aromatic heterocycles. The molecule has 1 amide bonds. The largest absolute Gasteiger partial charge is 0.306 e. The van der Waals surface area contributed by atoms with E-state index in [-0.39, 0.29) is 5.91 Å². The van der Waals surface area contributed by atoms with E-state index >= 15 is 0 Å². The molecule has 0 aliphatic heterocycles. The highest BCUT2D eigenvalue weighted by Gasteiger charge is 2.17. The second kappa shape index (κ2) is 6.77. The molecule has 1 N–H and O–H groups in total. The normalized spacial score (nSPS) is 11.2. The van der Waals surface area contributed by atoms with Crippen LogP contribution in [0.4, 0.5) is 5.82 Å². The Labute approximate surface area is 170 Å². The van der Waals surface area contributed by atoms with Gasteiger partial charge in [-0.3, -0.25) is 4.79 Å². The summed E-state index contributed by atoms with van der Waals surface area (Å²) < 4.78 is 3.47. The zero-order valence-electron chi connectivity index (χ0n) is 13.7. The van der Waals surface area contributed by atoms with Crippen molar-refractivity contribution in [3.63, 3.8) is 0 Å². The summed E-state index contributed by atoms with van der Waals surface area (Å²) in [4.78, 5) is 17.8. The van der Waals surface area contributed by atoms with Crippen LogP contribution in [0.1, 0.15) is 20.9 Å². The summed E-state index contributed by atoms with van der Waals surface area (Å²) in [5.74, 6) is 0.391. The molecule has 9 heteroatoms. The van der Waals surface area contributed by atoms with Crippen molar-refractivity contribution in [3.8, 4) is 5.13 Å². The van der Waals surface area contributed by atoms with Gasteiger partial charge in [0, 0.05) is 6.07 Å². The van der Waals surface area contributed by atoms with Gasteiger partial charge in [-0.15, -0.1) is 11.3 Å². The van der Waals surface area contributed by atoms with Crippen molar-refractivity contribution in [2.75, 3.05) is 5.32 Å². The fourth-order valence-electron chi connectivity index (χ4n) is 2.53. The fraction of sp³-hybridized carbons (Fsp3) is 0.118. The van der Waals surface area contributed by atoms with Crippen molar-refractivity contribution in [2.45, 2.75) is 13.8 Å². The lowest BCUT2D eigenvalue weighted by molar-refractivity contribution is 0.103. The molecule has 3 heterocycles. The van der Waals surface area contributed by atoms with Crippen LogP contribution in [0.25, 0.3) is 15.3 Å². The van der Waals surface area contributed by atoms with Gasteiger partial charge in [-0.05, 0) is 53.5 Å². The quantitative estimate of drug-likeness (QED) is 0.412. The Kier molecular flexibility index (Phi) is 4.60. The van der Waals surface area contributed by atoms with Crippen molar-refractivity contribution >= 4 is 72.1 Å². The van der Waals surface area contributed by atoms with E-state index in [0.29, 0.717) is 20.8 Å². The van der Waals surface area contributed by atoms with Crippen LogP contribution in [-0.4, -0.2) is 20.7 Å². The Morgan fingerprint density at radius 3 is 2.73 bits per heavy atom. The Bertz CT molecular complexity index is 1110. The van der Waals surface area contributed by atoms with Gasteiger partial charge in [0.25, 0.3) is 5.91 Å². The lowest BCUT2D eigenvalue weighted by atomic mass is 10.2. The van der Waals surface area contributed by atoms with Crippen LogP contribution < -0.4 is 5.32 Å². The average molecular weight is 468 g/mol. The summed E-state index contributed by atoms with van der Waals surface area (Å²) in [6, 6.07) is 9.26. The Morgan fingerprint density at radius 2 is 2.04 bits per heavy atom. The second-order valence-electron chi connectivity index (χ2n) is 5.68. The van der Waals surface area contributed by atoms with E-state index in [1.807, 2.05) is 38.1 Å². The van der Waals surface area contributed by atoms with Crippen LogP contribution in [0, 0.1) is 13.8 Å². The first kappa shape index (κ1) is 17.7.